The van der Waals surface area contributed by atoms with Crippen molar-refractivity contribution < 1.29 is 39.5 Å². The van der Waals surface area contributed by atoms with Crippen molar-refractivity contribution in [3.63, 3.8) is 0 Å². The monoisotopic (exact) mass is 623 g/mol. The molecule has 0 aromatic carbocycles. The summed E-state index contributed by atoms with van der Waals surface area (Å²) in [6.45, 7) is 1.38. The van der Waals surface area contributed by atoms with Crippen LogP contribution in [0.25, 0.3) is 0 Å². The van der Waals surface area contributed by atoms with E-state index in [4.69, 9.17) is 0 Å². The van der Waals surface area contributed by atoms with Crippen LogP contribution in [0.4, 0.5) is 8.78 Å². The van der Waals surface area contributed by atoms with Crippen LogP contribution in [0.3, 0.4) is 0 Å². The van der Waals surface area contributed by atoms with Crippen molar-refractivity contribution in [2.45, 2.75) is 17.3 Å². The Balaban J connectivity index is 2.07. The Labute approximate surface area is 170 Å². The molecule has 0 spiro atoms. The van der Waals surface area contributed by atoms with Gasteiger partial charge in [0.1, 0.15) is 0 Å². The van der Waals surface area contributed by atoms with Crippen LogP contribution in [0.2, 0.25) is 0 Å². The second-order valence-electron chi connectivity index (χ2n) is 4.53. The van der Waals surface area contributed by atoms with E-state index in [1.54, 1.807) is 12.3 Å². The summed E-state index contributed by atoms with van der Waals surface area (Å²) in [5, 5.41) is 0. The maximum absolute atomic E-state index is 13.9. The topological polar surface area (TPSA) is 52.1 Å². The van der Waals surface area contributed by atoms with Gasteiger partial charge in [-0.1, -0.05) is 0 Å². The van der Waals surface area contributed by atoms with E-state index in [1.807, 2.05) is 6.07 Å². The molecule has 0 aliphatic heterocycles. The molecule has 2 aromatic rings. The third-order valence-electron chi connectivity index (χ3n) is 2.82. The molecule has 130 valence electrons. The molecule has 0 N–H and O–H groups in total. The molecule has 2 rings (SSSR count). The molecule has 0 saturated carbocycles. The first-order chi connectivity index (χ1) is 11.3. The molecule has 2 heterocycles. The molecule has 0 unspecified atom stereocenters. The van der Waals surface area contributed by atoms with Gasteiger partial charge in [-0.3, -0.25) is 0 Å². The molecule has 4 nitrogen and oxygen atoms in total. The molecule has 0 fully saturated rings. The summed E-state index contributed by atoms with van der Waals surface area (Å²) >= 11 is 5.15. The van der Waals surface area contributed by atoms with Gasteiger partial charge in [-0.2, -0.15) is 0 Å². The Bertz CT molecular complexity index is 730. The summed E-state index contributed by atoms with van der Waals surface area (Å²) in [6.07, 6.45) is 3.17. The van der Waals surface area contributed by atoms with Crippen molar-refractivity contribution in [3.05, 3.63) is 53.6 Å². The molecule has 0 aliphatic carbocycles. The molecule has 0 bridgehead atoms. The first-order valence-corrected chi connectivity index (χ1v) is 11.2. The molecule has 24 heavy (non-hydrogen) atoms. The van der Waals surface area contributed by atoms with Crippen molar-refractivity contribution in [2.24, 2.45) is 0 Å². The van der Waals surface area contributed by atoms with Crippen LogP contribution in [-0.2, 0) is 19.9 Å². The molecular weight excluding hydrogens is 612 g/mol. The van der Waals surface area contributed by atoms with Gasteiger partial charge in [-0.25, -0.2) is 0 Å². The fraction of sp³-hybridized carbons (Fsp3) is 0.267. The number of ether oxygens (including phenoxy) is 1. The molecule has 0 aliphatic rings. The van der Waals surface area contributed by atoms with Gasteiger partial charge < -0.3 is 0 Å². The average Bonchev–Trinajstić information content (AvgIpc) is 2.56. The number of rotatable bonds is 6. The maximum atomic E-state index is 13.9. The van der Waals surface area contributed by atoms with Crippen molar-refractivity contribution >= 4 is 44.5 Å². The summed E-state index contributed by atoms with van der Waals surface area (Å²) in [5.74, 6) is -5.30. The number of aromatic nitrogens is 2. The molecular formula is C15H12BrF2I2N2O2-. The van der Waals surface area contributed by atoms with Gasteiger partial charge in [0, 0.05) is 0 Å². The fourth-order valence-electron chi connectivity index (χ4n) is 1.67. The number of esters is 1. The second-order valence-corrected chi connectivity index (χ2v) is 9.30. The number of hydrogen-bond donors (Lipinski definition) is 0. The minimum atomic E-state index is -3.73. The summed E-state index contributed by atoms with van der Waals surface area (Å²) in [6, 6.07) is 4.82. The van der Waals surface area contributed by atoms with Crippen LogP contribution < -0.4 is 21.2 Å². The van der Waals surface area contributed by atoms with Gasteiger partial charge in [-0.05, 0) is 0 Å². The average molecular weight is 624 g/mol. The van der Waals surface area contributed by atoms with Crippen LogP contribution in [0.15, 0.2) is 35.2 Å². The van der Waals surface area contributed by atoms with E-state index in [1.165, 1.54) is 19.2 Å². The SMILES string of the molecule is CCOC(=O)C(F)(F)c1ccc([I-]Cc2cc(I)cnc2Br)cn1. The van der Waals surface area contributed by atoms with E-state index < -0.39 is 38.8 Å². The number of alkyl halides is 3. The van der Waals surface area contributed by atoms with Crippen molar-refractivity contribution in [2.75, 3.05) is 6.61 Å². The number of nitrogens with zero attached hydrogens (tertiary/aromatic N) is 2. The van der Waals surface area contributed by atoms with E-state index >= 15 is 0 Å². The van der Waals surface area contributed by atoms with Crippen LogP contribution in [0.1, 0.15) is 18.2 Å². The number of hydrogen-bond acceptors (Lipinski definition) is 4. The Hall–Kier alpha value is -0.430. The number of carbonyl (C=O) groups is 1. The zero-order chi connectivity index (χ0) is 17.7. The van der Waals surface area contributed by atoms with E-state index in [0.29, 0.717) is 0 Å². The van der Waals surface area contributed by atoms with Gasteiger partial charge in [-0.15, -0.1) is 0 Å². The van der Waals surface area contributed by atoms with Crippen LogP contribution in [-0.4, -0.2) is 22.5 Å². The second kappa shape index (κ2) is 8.79. The number of halogens is 5. The van der Waals surface area contributed by atoms with Gasteiger partial charge in [0.05, 0.1) is 0 Å². The van der Waals surface area contributed by atoms with Crippen molar-refractivity contribution in [1.82, 2.24) is 9.97 Å². The fourth-order valence-corrected chi connectivity index (χ4v) is 5.27. The van der Waals surface area contributed by atoms with Crippen LogP contribution >= 0.6 is 38.5 Å². The number of carbonyl (C=O) groups excluding carboxylic acids is 1. The van der Waals surface area contributed by atoms with Crippen LogP contribution in [0, 0.1) is 7.14 Å². The summed E-state index contributed by atoms with van der Waals surface area (Å²) in [4.78, 5) is 19.3. The third kappa shape index (κ3) is 5.04. The molecule has 2 aromatic heterocycles. The van der Waals surface area contributed by atoms with Gasteiger partial charge in [0.15, 0.2) is 0 Å². The first-order valence-electron chi connectivity index (χ1n) is 6.75. The predicted molar refractivity (Wildman–Crippen MR) is 91.8 cm³/mol. The summed E-state index contributed by atoms with van der Waals surface area (Å²) in [5.41, 5.74) is 0.487. The van der Waals surface area contributed by atoms with Gasteiger partial charge >= 0.3 is 171 Å². The van der Waals surface area contributed by atoms with E-state index in [9.17, 15) is 13.6 Å². The molecule has 0 saturated heterocycles. The van der Waals surface area contributed by atoms with Crippen molar-refractivity contribution in [3.8, 4) is 0 Å². The van der Waals surface area contributed by atoms with E-state index in [2.05, 4.69) is 53.2 Å². The van der Waals surface area contributed by atoms with Gasteiger partial charge in [0.25, 0.3) is 0 Å². The third-order valence-corrected chi connectivity index (χ3v) is 6.85. The molecule has 0 atom stereocenters. The van der Waals surface area contributed by atoms with E-state index in [0.717, 1.165) is 21.7 Å². The zero-order valence-corrected chi connectivity index (χ0v) is 18.3. The molecule has 0 radical (unpaired) electrons. The Morgan fingerprint density at radius 1 is 1.38 bits per heavy atom. The Kier molecular flexibility index (Phi) is 7.28. The normalized spacial score (nSPS) is 11.5. The number of pyridine rings is 2. The Morgan fingerprint density at radius 3 is 2.75 bits per heavy atom. The summed E-state index contributed by atoms with van der Waals surface area (Å²) in [7, 11) is 0. The Morgan fingerprint density at radius 2 is 2.12 bits per heavy atom. The summed E-state index contributed by atoms with van der Waals surface area (Å²) < 4.78 is 35.7. The first kappa shape index (κ1) is 19.9. The van der Waals surface area contributed by atoms with E-state index in [-0.39, 0.29) is 6.61 Å². The zero-order valence-electron chi connectivity index (χ0n) is 12.4. The van der Waals surface area contributed by atoms with Crippen LogP contribution in [0.5, 0.6) is 0 Å². The van der Waals surface area contributed by atoms with Gasteiger partial charge in [0.2, 0.25) is 0 Å². The quantitative estimate of drug-likeness (QED) is 0.208. The standard InChI is InChI=1S/C15H12BrF2I2N2O2/c1-2-24-14(23)15(17,18)12-4-3-11(8-21-12)20-6-9-5-10(19)7-22-13(9)16/h3-5,7-8H,2,6H2,1H3/q-1. The minimum absolute atomic E-state index is 0.100. The van der Waals surface area contributed by atoms with Crippen molar-refractivity contribution in [1.29, 1.82) is 0 Å². The predicted octanol–water partition coefficient (Wildman–Crippen LogP) is 0.957. The molecule has 0 amide bonds. The molecule has 9 heteroatoms.